The van der Waals surface area contributed by atoms with Crippen LogP contribution in [0.3, 0.4) is 0 Å². The smallest absolute Gasteiger partial charge is 0.255 e. The molecule has 2 heterocycles. The number of rotatable bonds is 7. The first-order chi connectivity index (χ1) is 23.4. The van der Waals surface area contributed by atoms with E-state index in [4.69, 9.17) is 4.74 Å². The van der Waals surface area contributed by atoms with E-state index in [0.717, 1.165) is 17.5 Å². The number of aryl methyl sites for hydroxylation is 1. The summed E-state index contributed by atoms with van der Waals surface area (Å²) in [4.78, 5) is 69.2. The van der Waals surface area contributed by atoms with E-state index in [2.05, 4.69) is 21.3 Å². The van der Waals surface area contributed by atoms with Crippen LogP contribution in [0.2, 0.25) is 0 Å². The van der Waals surface area contributed by atoms with Crippen molar-refractivity contribution in [1.29, 1.82) is 0 Å². The number of fused-ring (bicyclic) bond motifs is 2. The average Bonchev–Trinajstić information content (AvgIpc) is 3.61. The van der Waals surface area contributed by atoms with Crippen LogP contribution in [0.4, 0.5) is 0 Å². The van der Waals surface area contributed by atoms with E-state index in [1.54, 1.807) is 24.3 Å². The third-order valence-electron chi connectivity index (χ3n) is 8.59. The van der Waals surface area contributed by atoms with Crippen LogP contribution in [-0.2, 0) is 32.0 Å². The molecule has 0 spiro atoms. The summed E-state index contributed by atoms with van der Waals surface area (Å²) in [6.45, 7) is 1.17. The van der Waals surface area contributed by atoms with Crippen molar-refractivity contribution >= 4 is 29.5 Å². The van der Waals surface area contributed by atoms with Gasteiger partial charge >= 0.3 is 0 Å². The van der Waals surface area contributed by atoms with Gasteiger partial charge in [-0.3, -0.25) is 24.0 Å². The number of benzene rings is 3. The second-order valence-electron chi connectivity index (χ2n) is 12.1. The summed E-state index contributed by atoms with van der Waals surface area (Å²) >= 11 is 0. The molecule has 0 saturated carbocycles. The van der Waals surface area contributed by atoms with Gasteiger partial charge < -0.3 is 30.9 Å². The summed E-state index contributed by atoms with van der Waals surface area (Å²) in [5.41, 5.74) is 2.25. The molecule has 0 bridgehead atoms. The van der Waals surface area contributed by atoms with E-state index in [1.807, 2.05) is 60.7 Å². The molecule has 3 aromatic rings. The maximum Gasteiger partial charge on any atom is 0.255 e. The van der Waals surface area contributed by atoms with Crippen LogP contribution in [0.5, 0.6) is 5.75 Å². The molecule has 0 unspecified atom stereocenters. The molecular formula is C37H43N5O6. The fourth-order valence-electron chi connectivity index (χ4n) is 6.04. The lowest BCUT2D eigenvalue weighted by Gasteiger charge is -2.28. The van der Waals surface area contributed by atoms with Crippen LogP contribution >= 0.6 is 0 Å². The molecule has 0 aromatic heterocycles. The van der Waals surface area contributed by atoms with Gasteiger partial charge in [0.05, 0.1) is 18.6 Å². The summed E-state index contributed by atoms with van der Waals surface area (Å²) in [6, 6.07) is 23.2. The maximum atomic E-state index is 13.8. The number of nitrogens with one attached hydrogen (secondary N) is 4. The van der Waals surface area contributed by atoms with Crippen LogP contribution in [0.25, 0.3) is 0 Å². The number of nitrogens with zero attached hydrogens (tertiary/aromatic N) is 1. The Morgan fingerprint density at radius 1 is 0.833 bits per heavy atom. The minimum absolute atomic E-state index is 0.209. The highest BCUT2D eigenvalue weighted by Gasteiger charge is 2.38. The second-order valence-corrected chi connectivity index (χ2v) is 12.1. The van der Waals surface area contributed by atoms with Crippen molar-refractivity contribution in [3.05, 3.63) is 102 Å². The van der Waals surface area contributed by atoms with Crippen LogP contribution in [0.1, 0.15) is 53.6 Å². The number of para-hydroxylation sites is 1. The third-order valence-corrected chi connectivity index (χ3v) is 8.59. The Balaban J connectivity index is 1.35. The van der Waals surface area contributed by atoms with Crippen LogP contribution in [0.15, 0.2) is 84.9 Å². The normalized spacial score (nSPS) is 20.9. The fraction of sp³-hybridized carbons (Fsp3) is 0.378. The molecule has 0 radical (unpaired) electrons. The fourth-order valence-corrected chi connectivity index (χ4v) is 6.04. The van der Waals surface area contributed by atoms with E-state index in [1.165, 1.54) is 4.90 Å². The van der Waals surface area contributed by atoms with Crippen molar-refractivity contribution in [3.63, 3.8) is 0 Å². The lowest BCUT2D eigenvalue weighted by Crippen LogP contribution is -2.55. The topological polar surface area (TPSA) is 146 Å². The molecule has 3 atom stereocenters. The van der Waals surface area contributed by atoms with Crippen molar-refractivity contribution in [2.24, 2.45) is 0 Å². The highest BCUT2D eigenvalue weighted by Crippen LogP contribution is 2.21. The molecule has 48 heavy (non-hydrogen) atoms. The highest BCUT2D eigenvalue weighted by atomic mass is 16.5. The number of carbonyl (C=O) groups is 5. The van der Waals surface area contributed by atoms with Gasteiger partial charge in [0.15, 0.2) is 0 Å². The van der Waals surface area contributed by atoms with Gasteiger partial charge in [-0.25, -0.2) is 0 Å². The molecular weight excluding hydrogens is 610 g/mol. The van der Waals surface area contributed by atoms with Gasteiger partial charge in [0, 0.05) is 26.1 Å². The first kappa shape index (κ1) is 34.2. The number of amides is 5. The summed E-state index contributed by atoms with van der Waals surface area (Å²) in [6.07, 6.45) is 2.84. The molecule has 11 nitrogen and oxygen atoms in total. The largest absolute Gasteiger partial charge is 0.493 e. The Hall–Kier alpha value is -5.19. The number of carbonyl (C=O) groups excluding carboxylic acids is 5. The van der Waals surface area contributed by atoms with Crippen LogP contribution in [0, 0.1) is 0 Å². The van der Waals surface area contributed by atoms with E-state index in [0.29, 0.717) is 44.5 Å². The molecule has 5 amide bonds. The SMILES string of the molecule is O=C1N[C@H](C(=O)NCCCc2ccccc2)CC(=O)N2CCC[C@H]2C(=O)N[C@@H](Cc2ccccc2)C(=O)NCCCOc2ccccc21. The van der Waals surface area contributed by atoms with Crippen LogP contribution < -0.4 is 26.0 Å². The molecule has 4 N–H and O–H groups in total. The van der Waals surface area contributed by atoms with Gasteiger partial charge in [0.25, 0.3) is 5.91 Å². The minimum Gasteiger partial charge on any atom is -0.493 e. The first-order valence-corrected chi connectivity index (χ1v) is 16.6. The molecule has 3 aromatic carbocycles. The average molecular weight is 654 g/mol. The van der Waals surface area contributed by atoms with Gasteiger partial charge in [0.1, 0.15) is 23.9 Å². The molecule has 5 rings (SSSR count). The predicted molar refractivity (Wildman–Crippen MR) is 180 cm³/mol. The van der Waals surface area contributed by atoms with E-state index >= 15 is 0 Å². The second kappa shape index (κ2) is 17.1. The molecule has 0 aliphatic carbocycles. The molecule has 1 saturated heterocycles. The van der Waals surface area contributed by atoms with Crippen LogP contribution in [-0.4, -0.2) is 78.8 Å². The van der Waals surface area contributed by atoms with E-state index < -0.39 is 41.8 Å². The Labute approximate surface area is 280 Å². The summed E-state index contributed by atoms with van der Waals surface area (Å²) in [7, 11) is 0. The lowest BCUT2D eigenvalue weighted by molar-refractivity contribution is -0.140. The quantitative estimate of drug-likeness (QED) is 0.289. The summed E-state index contributed by atoms with van der Waals surface area (Å²) in [5.74, 6) is -1.93. The predicted octanol–water partition coefficient (Wildman–Crippen LogP) is 2.54. The van der Waals surface area contributed by atoms with Gasteiger partial charge in [-0.15, -0.1) is 0 Å². The monoisotopic (exact) mass is 653 g/mol. The summed E-state index contributed by atoms with van der Waals surface area (Å²) in [5, 5.41) is 11.4. The van der Waals surface area contributed by atoms with Crippen molar-refractivity contribution in [1.82, 2.24) is 26.2 Å². The van der Waals surface area contributed by atoms with E-state index in [-0.39, 0.29) is 37.5 Å². The maximum absolute atomic E-state index is 13.8. The van der Waals surface area contributed by atoms with Gasteiger partial charge in [-0.05, 0) is 55.4 Å². The third kappa shape index (κ3) is 9.43. The number of hydrogen-bond donors (Lipinski definition) is 4. The Kier molecular flexibility index (Phi) is 12.2. The van der Waals surface area contributed by atoms with Crippen molar-refractivity contribution < 1.29 is 28.7 Å². The van der Waals surface area contributed by atoms with Gasteiger partial charge in [0.2, 0.25) is 23.6 Å². The van der Waals surface area contributed by atoms with Gasteiger partial charge in [-0.1, -0.05) is 72.8 Å². The molecule has 252 valence electrons. The zero-order valence-electron chi connectivity index (χ0n) is 27.0. The molecule has 2 aliphatic heterocycles. The highest BCUT2D eigenvalue weighted by molar-refractivity contribution is 6.01. The lowest BCUT2D eigenvalue weighted by atomic mass is 10.0. The molecule has 2 aliphatic rings. The molecule has 11 heteroatoms. The zero-order valence-corrected chi connectivity index (χ0v) is 27.0. The number of hydrogen-bond acceptors (Lipinski definition) is 6. The van der Waals surface area contributed by atoms with Crippen molar-refractivity contribution in [3.8, 4) is 5.75 Å². The number of ether oxygens (including phenoxy) is 1. The first-order valence-electron chi connectivity index (χ1n) is 16.6. The van der Waals surface area contributed by atoms with Crippen molar-refractivity contribution in [2.75, 3.05) is 26.2 Å². The molecule has 1 fully saturated rings. The Bertz CT molecular complexity index is 1570. The standard InChI is InChI=1S/C37H43N5O6/c43-33-25-30(36(46)38-20-9-16-26-12-3-1-4-13-26)40-34(44)28-17-7-8-19-32(28)48-23-11-21-39-35(45)29(24-27-14-5-2-6-15-27)41-37(47)31-18-10-22-42(31)33/h1-8,12-15,17,19,29-31H,9-11,16,18,20-25H2,(H,38,46)(H,39,45)(H,40,44)(H,41,47)/t29-,30-,31-/m0/s1. The minimum atomic E-state index is -1.19. The van der Waals surface area contributed by atoms with Crippen molar-refractivity contribution in [2.45, 2.75) is 63.1 Å². The Morgan fingerprint density at radius 3 is 2.31 bits per heavy atom. The summed E-state index contributed by atoms with van der Waals surface area (Å²) < 4.78 is 5.92. The zero-order chi connectivity index (χ0) is 33.7. The Morgan fingerprint density at radius 2 is 1.54 bits per heavy atom. The van der Waals surface area contributed by atoms with E-state index in [9.17, 15) is 24.0 Å². The van der Waals surface area contributed by atoms with Gasteiger partial charge in [-0.2, -0.15) is 0 Å².